The van der Waals surface area contributed by atoms with Gasteiger partial charge in [-0.1, -0.05) is 23.4 Å². The van der Waals surface area contributed by atoms with Gasteiger partial charge in [0.05, 0.1) is 5.56 Å². The fraction of sp³-hybridized carbons (Fsp3) is 0.176. The second-order valence-electron chi connectivity index (χ2n) is 5.13. The Morgan fingerprint density at radius 3 is 2.50 bits per heavy atom. The van der Waals surface area contributed by atoms with Crippen molar-refractivity contribution in [3.05, 3.63) is 60.1 Å². The van der Waals surface area contributed by atoms with E-state index in [1.165, 1.54) is 12.4 Å². The van der Waals surface area contributed by atoms with Crippen molar-refractivity contribution < 1.29 is 9.32 Å². The zero-order valence-corrected chi connectivity index (χ0v) is 13.4. The van der Waals surface area contributed by atoms with Crippen LogP contribution in [0, 0.1) is 6.92 Å². The Morgan fingerprint density at radius 2 is 1.92 bits per heavy atom. The molecule has 2 heterocycles. The predicted octanol–water partition coefficient (Wildman–Crippen LogP) is 3.18. The Bertz CT molecular complexity index is 815. The number of anilines is 3. The van der Waals surface area contributed by atoms with Gasteiger partial charge in [0.15, 0.2) is 5.82 Å². The van der Waals surface area contributed by atoms with Crippen LogP contribution in [-0.4, -0.2) is 27.6 Å². The van der Waals surface area contributed by atoms with Gasteiger partial charge < -0.3 is 14.7 Å². The number of aryl methyl sites for hydroxylation is 1. The number of hydrogen-bond donors (Lipinski definition) is 1. The molecule has 0 radical (unpaired) electrons. The van der Waals surface area contributed by atoms with E-state index in [1.54, 1.807) is 17.9 Å². The summed E-state index contributed by atoms with van der Waals surface area (Å²) < 4.78 is 4.96. The van der Waals surface area contributed by atoms with Gasteiger partial charge in [0, 0.05) is 30.7 Å². The zero-order valence-electron chi connectivity index (χ0n) is 13.4. The first kappa shape index (κ1) is 15.7. The molecule has 0 aliphatic rings. The van der Waals surface area contributed by atoms with Gasteiger partial charge in [-0.15, -0.1) is 0 Å². The Hall–Kier alpha value is -3.22. The number of nitrogens with one attached hydrogen (secondary N) is 1. The van der Waals surface area contributed by atoms with Crippen LogP contribution in [0.25, 0.3) is 0 Å². The van der Waals surface area contributed by atoms with Crippen molar-refractivity contribution >= 4 is 23.4 Å². The summed E-state index contributed by atoms with van der Waals surface area (Å²) in [6.45, 7) is 4.28. The van der Waals surface area contributed by atoms with E-state index in [0.29, 0.717) is 29.6 Å². The molecule has 0 unspecified atom stereocenters. The van der Waals surface area contributed by atoms with E-state index >= 15 is 0 Å². The van der Waals surface area contributed by atoms with E-state index in [-0.39, 0.29) is 5.91 Å². The molecule has 0 bridgehead atoms. The average Bonchev–Trinajstić information content (AvgIpc) is 3.02. The van der Waals surface area contributed by atoms with E-state index in [1.807, 2.05) is 37.3 Å². The lowest BCUT2D eigenvalue weighted by Crippen LogP contribution is -2.30. The number of nitrogens with zero attached hydrogens (tertiary/aromatic N) is 4. The van der Waals surface area contributed by atoms with Crippen molar-refractivity contribution in [1.82, 2.24) is 15.1 Å². The van der Waals surface area contributed by atoms with Crippen LogP contribution in [0.2, 0.25) is 0 Å². The normalized spacial score (nSPS) is 10.4. The minimum Gasteiger partial charge on any atom is -0.360 e. The standard InChI is InChI=1S/C17H17N5O2/c1-3-22(14-7-5-4-6-8-14)16(23)13-10-18-17(19-11-13)20-15-9-12(2)24-21-15/h4-11H,3H2,1-2H3,(H,18,19,20,21). The average molecular weight is 323 g/mol. The highest BCUT2D eigenvalue weighted by molar-refractivity contribution is 6.05. The summed E-state index contributed by atoms with van der Waals surface area (Å²) in [7, 11) is 0. The number of hydrogen-bond acceptors (Lipinski definition) is 6. The predicted molar refractivity (Wildman–Crippen MR) is 90.3 cm³/mol. The summed E-state index contributed by atoms with van der Waals surface area (Å²) in [6, 6.07) is 11.2. The monoisotopic (exact) mass is 323 g/mol. The third-order valence-corrected chi connectivity index (χ3v) is 3.40. The van der Waals surface area contributed by atoms with Crippen LogP contribution in [0.4, 0.5) is 17.5 Å². The molecule has 1 aromatic carbocycles. The third kappa shape index (κ3) is 3.40. The maximum atomic E-state index is 12.6. The molecule has 3 rings (SSSR count). The highest BCUT2D eigenvalue weighted by Gasteiger charge is 2.16. The number of carbonyl (C=O) groups is 1. The first-order valence-electron chi connectivity index (χ1n) is 7.56. The number of rotatable bonds is 5. The van der Waals surface area contributed by atoms with Crippen LogP contribution in [0.3, 0.4) is 0 Å². The molecule has 7 heteroatoms. The summed E-state index contributed by atoms with van der Waals surface area (Å²) in [5.41, 5.74) is 1.26. The number of para-hydroxylation sites is 1. The molecule has 24 heavy (non-hydrogen) atoms. The van der Waals surface area contributed by atoms with E-state index in [9.17, 15) is 4.79 Å². The summed E-state index contributed by atoms with van der Waals surface area (Å²) >= 11 is 0. The highest BCUT2D eigenvalue weighted by atomic mass is 16.5. The molecule has 0 spiro atoms. The Labute approximate surface area is 139 Å². The molecule has 0 atom stereocenters. The lowest BCUT2D eigenvalue weighted by Gasteiger charge is -2.20. The van der Waals surface area contributed by atoms with Crippen molar-refractivity contribution in [3.63, 3.8) is 0 Å². The molecule has 1 amide bonds. The lowest BCUT2D eigenvalue weighted by molar-refractivity contribution is 0.0987. The van der Waals surface area contributed by atoms with Gasteiger partial charge >= 0.3 is 0 Å². The highest BCUT2D eigenvalue weighted by Crippen LogP contribution is 2.17. The van der Waals surface area contributed by atoms with Crippen molar-refractivity contribution in [2.75, 3.05) is 16.8 Å². The van der Waals surface area contributed by atoms with Crippen LogP contribution in [-0.2, 0) is 0 Å². The van der Waals surface area contributed by atoms with Gasteiger partial charge in [-0.2, -0.15) is 0 Å². The maximum Gasteiger partial charge on any atom is 0.261 e. The summed E-state index contributed by atoms with van der Waals surface area (Å²) in [5.74, 6) is 1.41. The summed E-state index contributed by atoms with van der Waals surface area (Å²) in [5, 5.41) is 6.72. The minimum atomic E-state index is -0.146. The summed E-state index contributed by atoms with van der Waals surface area (Å²) in [6.07, 6.45) is 2.99. The molecule has 0 aliphatic heterocycles. The number of benzene rings is 1. The summed E-state index contributed by atoms with van der Waals surface area (Å²) in [4.78, 5) is 22.6. The van der Waals surface area contributed by atoms with Gasteiger partial charge in [0.25, 0.3) is 5.91 Å². The largest absolute Gasteiger partial charge is 0.360 e. The van der Waals surface area contributed by atoms with Crippen molar-refractivity contribution in [2.45, 2.75) is 13.8 Å². The van der Waals surface area contributed by atoms with Crippen LogP contribution < -0.4 is 10.2 Å². The molecule has 0 fully saturated rings. The zero-order chi connectivity index (χ0) is 16.9. The van der Waals surface area contributed by atoms with Gasteiger partial charge in [0.2, 0.25) is 5.95 Å². The third-order valence-electron chi connectivity index (χ3n) is 3.40. The second-order valence-corrected chi connectivity index (χ2v) is 5.13. The van der Waals surface area contributed by atoms with E-state index in [4.69, 9.17) is 4.52 Å². The number of amides is 1. The fourth-order valence-corrected chi connectivity index (χ4v) is 2.25. The fourth-order valence-electron chi connectivity index (χ4n) is 2.25. The number of carbonyl (C=O) groups excluding carboxylic acids is 1. The number of aromatic nitrogens is 3. The van der Waals surface area contributed by atoms with Crippen LogP contribution in [0.5, 0.6) is 0 Å². The maximum absolute atomic E-state index is 12.6. The molecule has 0 aliphatic carbocycles. The quantitative estimate of drug-likeness (QED) is 0.776. The SMILES string of the molecule is CCN(C(=O)c1cnc(Nc2cc(C)on2)nc1)c1ccccc1. The molecule has 2 aromatic heterocycles. The molecule has 0 saturated heterocycles. The topological polar surface area (TPSA) is 84.2 Å². The molecule has 122 valence electrons. The van der Waals surface area contributed by atoms with Gasteiger partial charge in [-0.3, -0.25) is 4.79 Å². The van der Waals surface area contributed by atoms with Crippen molar-refractivity contribution in [2.24, 2.45) is 0 Å². The van der Waals surface area contributed by atoms with Gasteiger partial charge in [0.1, 0.15) is 5.76 Å². The Balaban J connectivity index is 1.75. The van der Waals surface area contributed by atoms with Gasteiger partial charge in [-0.05, 0) is 26.0 Å². The first-order valence-corrected chi connectivity index (χ1v) is 7.56. The molecule has 7 nitrogen and oxygen atoms in total. The minimum absolute atomic E-state index is 0.146. The Kier molecular flexibility index (Phi) is 4.51. The van der Waals surface area contributed by atoms with Crippen LogP contribution in [0.15, 0.2) is 53.3 Å². The molecule has 3 aromatic rings. The van der Waals surface area contributed by atoms with Crippen LogP contribution in [0.1, 0.15) is 23.0 Å². The lowest BCUT2D eigenvalue weighted by atomic mass is 10.2. The van der Waals surface area contributed by atoms with Crippen molar-refractivity contribution in [3.8, 4) is 0 Å². The smallest absolute Gasteiger partial charge is 0.261 e. The Morgan fingerprint density at radius 1 is 1.21 bits per heavy atom. The first-order chi connectivity index (χ1) is 11.7. The van der Waals surface area contributed by atoms with Crippen molar-refractivity contribution in [1.29, 1.82) is 0 Å². The van der Waals surface area contributed by atoms with Gasteiger partial charge in [-0.25, -0.2) is 9.97 Å². The molecule has 0 saturated carbocycles. The van der Waals surface area contributed by atoms with E-state index < -0.39 is 0 Å². The molecule has 1 N–H and O–H groups in total. The van der Waals surface area contributed by atoms with Crippen LogP contribution >= 0.6 is 0 Å². The van der Waals surface area contributed by atoms with E-state index in [0.717, 1.165) is 5.69 Å². The second kappa shape index (κ2) is 6.91. The molecular formula is C17H17N5O2. The van der Waals surface area contributed by atoms with E-state index in [2.05, 4.69) is 20.4 Å². The molecular weight excluding hydrogens is 306 g/mol.